The van der Waals surface area contributed by atoms with Gasteiger partial charge < -0.3 is 4.42 Å². The highest BCUT2D eigenvalue weighted by Gasteiger charge is 2.14. The molecule has 23 heavy (non-hydrogen) atoms. The molecule has 0 aliphatic heterocycles. The predicted molar refractivity (Wildman–Crippen MR) is 89.8 cm³/mol. The summed E-state index contributed by atoms with van der Waals surface area (Å²) in [6, 6.07) is 10.8. The van der Waals surface area contributed by atoms with Gasteiger partial charge in [0.25, 0.3) is 5.56 Å². The Labute approximate surface area is 139 Å². The fraction of sp³-hybridized carbons (Fsp3) is 0.0625. The minimum Gasteiger partial charge on any atom is -0.462 e. The lowest BCUT2D eigenvalue weighted by atomic mass is 10.2. The quantitative estimate of drug-likeness (QED) is 0.561. The summed E-state index contributed by atoms with van der Waals surface area (Å²) in [5.41, 5.74) is 0.631. The van der Waals surface area contributed by atoms with Gasteiger partial charge in [-0.25, -0.2) is 4.40 Å². The van der Waals surface area contributed by atoms with Gasteiger partial charge in [-0.2, -0.15) is 0 Å². The number of hydrogen-bond donors (Lipinski definition) is 0. The number of benzene rings is 1. The zero-order valence-corrected chi connectivity index (χ0v) is 13.6. The summed E-state index contributed by atoms with van der Waals surface area (Å²) in [4.78, 5) is 13.2. The SMILES string of the molecule is Cc1ccc(/C=c2\sc3nnc(-c4ccc(Cl)cc4)n3c2=O)o1. The van der Waals surface area contributed by atoms with Crippen molar-refractivity contribution in [3.63, 3.8) is 0 Å². The lowest BCUT2D eigenvalue weighted by molar-refractivity contribution is 0.525. The van der Waals surface area contributed by atoms with E-state index in [2.05, 4.69) is 10.2 Å². The van der Waals surface area contributed by atoms with Crippen molar-refractivity contribution in [3.05, 3.63) is 67.8 Å². The summed E-state index contributed by atoms with van der Waals surface area (Å²) >= 11 is 7.18. The first-order valence-electron chi connectivity index (χ1n) is 6.84. The molecule has 0 saturated carbocycles. The molecule has 0 saturated heterocycles. The van der Waals surface area contributed by atoms with Crippen LogP contribution in [-0.4, -0.2) is 14.6 Å². The minimum atomic E-state index is -0.158. The van der Waals surface area contributed by atoms with Crippen molar-refractivity contribution >= 4 is 34.0 Å². The molecule has 0 N–H and O–H groups in total. The fourth-order valence-electron chi connectivity index (χ4n) is 2.31. The Morgan fingerprint density at radius 1 is 1.17 bits per heavy atom. The van der Waals surface area contributed by atoms with Crippen molar-refractivity contribution in [3.8, 4) is 11.4 Å². The second-order valence-corrected chi connectivity index (χ2v) is 6.46. The molecule has 0 bridgehead atoms. The fourth-order valence-corrected chi connectivity index (χ4v) is 3.33. The largest absolute Gasteiger partial charge is 0.462 e. The molecule has 7 heteroatoms. The van der Waals surface area contributed by atoms with Crippen molar-refractivity contribution in [2.75, 3.05) is 0 Å². The van der Waals surface area contributed by atoms with Crippen LogP contribution < -0.4 is 10.1 Å². The van der Waals surface area contributed by atoms with Gasteiger partial charge in [-0.1, -0.05) is 22.9 Å². The summed E-state index contributed by atoms with van der Waals surface area (Å²) in [6.07, 6.45) is 1.72. The third kappa shape index (κ3) is 2.46. The number of rotatable bonds is 2. The first kappa shape index (κ1) is 14.2. The van der Waals surface area contributed by atoms with Gasteiger partial charge in [-0.3, -0.25) is 4.79 Å². The molecule has 0 aliphatic rings. The van der Waals surface area contributed by atoms with Crippen molar-refractivity contribution in [1.82, 2.24) is 14.6 Å². The van der Waals surface area contributed by atoms with Gasteiger partial charge in [0.1, 0.15) is 16.1 Å². The molecule has 5 nitrogen and oxygen atoms in total. The van der Waals surface area contributed by atoms with E-state index in [9.17, 15) is 4.79 Å². The van der Waals surface area contributed by atoms with Gasteiger partial charge in [-0.05, 0) is 43.3 Å². The van der Waals surface area contributed by atoms with E-state index < -0.39 is 0 Å². The molecule has 0 spiro atoms. The molecule has 114 valence electrons. The molecular formula is C16H10ClN3O2S. The molecule has 0 atom stereocenters. The highest BCUT2D eigenvalue weighted by molar-refractivity contribution is 7.15. The van der Waals surface area contributed by atoms with Crippen molar-refractivity contribution < 1.29 is 4.42 Å². The van der Waals surface area contributed by atoms with E-state index in [0.717, 1.165) is 11.3 Å². The maximum atomic E-state index is 12.7. The standard InChI is InChI=1S/C16H10ClN3O2S/c1-9-2-7-12(22-9)8-13-15(21)20-14(18-19-16(20)23-13)10-3-5-11(17)6-4-10/h2-8H,1H3/b13-8-. The number of fused-ring (bicyclic) bond motifs is 1. The van der Waals surface area contributed by atoms with Crippen LogP contribution in [0, 0.1) is 6.92 Å². The summed E-state index contributed by atoms with van der Waals surface area (Å²) < 4.78 is 7.56. The van der Waals surface area contributed by atoms with E-state index in [1.165, 1.54) is 15.7 Å². The van der Waals surface area contributed by atoms with E-state index in [0.29, 0.717) is 26.1 Å². The Bertz CT molecular complexity index is 1110. The third-order valence-electron chi connectivity index (χ3n) is 3.39. The number of nitrogens with zero attached hydrogens (tertiary/aromatic N) is 3. The zero-order valence-electron chi connectivity index (χ0n) is 12.0. The van der Waals surface area contributed by atoms with E-state index in [4.69, 9.17) is 16.0 Å². The maximum Gasteiger partial charge on any atom is 0.276 e. The molecular weight excluding hydrogens is 334 g/mol. The van der Waals surface area contributed by atoms with Crippen molar-refractivity contribution in [2.24, 2.45) is 0 Å². The Morgan fingerprint density at radius 3 is 2.65 bits per heavy atom. The monoisotopic (exact) mass is 343 g/mol. The van der Waals surface area contributed by atoms with Crippen LogP contribution in [0.1, 0.15) is 11.5 Å². The number of halogens is 1. The molecule has 0 unspecified atom stereocenters. The first-order valence-corrected chi connectivity index (χ1v) is 8.03. The molecule has 0 radical (unpaired) electrons. The van der Waals surface area contributed by atoms with Crippen LogP contribution in [0.4, 0.5) is 0 Å². The summed E-state index contributed by atoms with van der Waals surface area (Å²) in [7, 11) is 0. The van der Waals surface area contributed by atoms with Crippen LogP contribution in [0.15, 0.2) is 45.6 Å². The highest BCUT2D eigenvalue weighted by atomic mass is 35.5. The highest BCUT2D eigenvalue weighted by Crippen LogP contribution is 2.20. The molecule has 0 aliphatic carbocycles. The van der Waals surface area contributed by atoms with Gasteiger partial charge in [0, 0.05) is 16.7 Å². The number of furan rings is 1. The minimum absolute atomic E-state index is 0.158. The Kier molecular flexibility index (Phi) is 3.28. The predicted octanol–water partition coefficient (Wildman–Crippen LogP) is 2.92. The van der Waals surface area contributed by atoms with Crippen LogP contribution >= 0.6 is 22.9 Å². The number of thiazole rings is 1. The lowest BCUT2D eigenvalue weighted by Crippen LogP contribution is -2.23. The maximum absolute atomic E-state index is 12.7. The Morgan fingerprint density at radius 2 is 1.96 bits per heavy atom. The van der Waals surface area contributed by atoms with E-state index in [1.54, 1.807) is 18.2 Å². The van der Waals surface area contributed by atoms with Crippen molar-refractivity contribution in [2.45, 2.75) is 6.92 Å². The molecule has 4 aromatic rings. The Balaban J connectivity index is 1.91. The molecule has 0 fully saturated rings. The van der Waals surface area contributed by atoms with Crippen LogP contribution in [0.3, 0.4) is 0 Å². The summed E-state index contributed by atoms with van der Waals surface area (Å²) in [5, 5.41) is 8.83. The van der Waals surface area contributed by atoms with Crippen LogP contribution in [0.2, 0.25) is 5.02 Å². The molecule has 3 aromatic heterocycles. The molecule has 0 amide bonds. The number of aryl methyl sites for hydroxylation is 1. The van der Waals surface area contributed by atoms with Gasteiger partial charge >= 0.3 is 0 Å². The van der Waals surface area contributed by atoms with E-state index in [-0.39, 0.29) is 5.56 Å². The van der Waals surface area contributed by atoms with E-state index in [1.807, 2.05) is 31.2 Å². The molecule has 4 rings (SSSR count). The van der Waals surface area contributed by atoms with Gasteiger partial charge in [0.2, 0.25) is 4.96 Å². The van der Waals surface area contributed by atoms with E-state index >= 15 is 0 Å². The normalized spacial score (nSPS) is 12.3. The van der Waals surface area contributed by atoms with Crippen LogP contribution in [0.5, 0.6) is 0 Å². The average molecular weight is 344 g/mol. The topological polar surface area (TPSA) is 60.4 Å². The Hall–Kier alpha value is -2.44. The molecule has 1 aromatic carbocycles. The van der Waals surface area contributed by atoms with Crippen LogP contribution in [0.25, 0.3) is 22.4 Å². The third-order valence-corrected chi connectivity index (χ3v) is 4.60. The first-order chi connectivity index (χ1) is 11.1. The van der Waals surface area contributed by atoms with Gasteiger partial charge in [0.15, 0.2) is 5.82 Å². The second-order valence-electron chi connectivity index (χ2n) is 5.01. The number of aromatic nitrogens is 3. The summed E-state index contributed by atoms with van der Waals surface area (Å²) in [6.45, 7) is 1.86. The lowest BCUT2D eigenvalue weighted by Gasteiger charge is -1.96. The van der Waals surface area contributed by atoms with Gasteiger partial charge in [-0.15, -0.1) is 10.2 Å². The number of hydrogen-bond acceptors (Lipinski definition) is 5. The van der Waals surface area contributed by atoms with Gasteiger partial charge in [0.05, 0.1) is 0 Å². The van der Waals surface area contributed by atoms with Crippen LogP contribution in [-0.2, 0) is 0 Å². The molecule has 3 heterocycles. The zero-order chi connectivity index (χ0) is 16.0. The summed E-state index contributed by atoms with van der Waals surface area (Å²) in [5.74, 6) is 1.95. The second kappa shape index (κ2) is 5.33. The average Bonchev–Trinajstić information content (AvgIpc) is 3.20. The van der Waals surface area contributed by atoms with Crippen molar-refractivity contribution in [1.29, 1.82) is 0 Å². The smallest absolute Gasteiger partial charge is 0.276 e.